The van der Waals surface area contributed by atoms with Crippen LogP contribution in [0.2, 0.25) is 0 Å². The van der Waals surface area contributed by atoms with Crippen molar-refractivity contribution in [1.29, 1.82) is 0 Å². The minimum atomic E-state index is -0.289. The Hall–Kier alpha value is -5.74. The summed E-state index contributed by atoms with van der Waals surface area (Å²) in [5.41, 5.74) is 16.8. The standard InChI is InChI=1S/C59H67BN2O/c1-38(2)47-26-21-27-48(39-22-16-15-17-23-39)54(47)60(53-28-18-19-29-61-53)46-25-20-24-40(32-46)51-33-42(41-30-43(56(3,4)5)35-44(31-41)57(6,7)8)34-52(62-51)49-36-45(58(9,10)11)37-50(55(49)63)59(12,13)14/h15-38,63H,1-14H3. The normalized spacial score (nSPS) is 12.5. The molecule has 0 amide bonds. The fraction of sp³-hybridized carbons (Fsp3) is 0.322. The average Bonchev–Trinajstić information content (AvgIpc) is 3.23. The molecule has 0 bridgehead atoms. The molecule has 0 saturated heterocycles. The van der Waals surface area contributed by atoms with Crippen LogP contribution < -0.4 is 16.5 Å². The van der Waals surface area contributed by atoms with Crippen molar-refractivity contribution in [2.45, 2.75) is 125 Å². The topological polar surface area (TPSA) is 46.0 Å². The van der Waals surface area contributed by atoms with Gasteiger partial charge in [-0.25, -0.2) is 4.98 Å². The predicted octanol–water partition coefficient (Wildman–Crippen LogP) is 13.7. The van der Waals surface area contributed by atoms with E-state index in [4.69, 9.17) is 9.97 Å². The van der Waals surface area contributed by atoms with Gasteiger partial charge in [0.2, 0.25) is 0 Å². The zero-order chi connectivity index (χ0) is 45.6. The molecular weight excluding hydrogens is 763 g/mol. The molecule has 1 N–H and O–H groups in total. The summed E-state index contributed by atoms with van der Waals surface area (Å²) in [5.74, 6) is 0.572. The fourth-order valence-corrected chi connectivity index (χ4v) is 8.67. The summed E-state index contributed by atoms with van der Waals surface area (Å²) < 4.78 is 0. The van der Waals surface area contributed by atoms with Crippen molar-refractivity contribution < 1.29 is 5.11 Å². The van der Waals surface area contributed by atoms with Crippen LogP contribution in [0, 0.1) is 0 Å². The molecular formula is C59H67BN2O. The maximum atomic E-state index is 12.3. The Morgan fingerprint density at radius 2 is 1.05 bits per heavy atom. The van der Waals surface area contributed by atoms with Gasteiger partial charge in [-0.1, -0.05) is 211 Å². The number of rotatable bonds is 8. The number of nitrogens with zero attached hydrogens (tertiary/aromatic N) is 2. The number of aromatic nitrogens is 2. The Labute approximate surface area is 379 Å². The largest absolute Gasteiger partial charge is 0.507 e. The highest BCUT2D eigenvalue weighted by Gasteiger charge is 2.31. The van der Waals surface area contributed by atoms with E-state index in [1.807, 2.05) is 12.3 Å². The highest BCUT2D eigenvalue weighted by molar-refractivity contribution is 6.96. The number of hydrogen-bond acceptors (Lipinski definition) is 3. The summed E-state index contributed by atoms with van der Waals surface area (Å²) in [5, 5.41) is 12.3. The van der Waals surface area contributed by atoms with E-state index in [0.29, 0.717) is 0 Å². The quantitative estimate of drug-likeness (QED) is 0.155. The maximum absolute atomic E-state index is 12.3. The zero-order valence-corrected chi connectivity index (χ0v) is 40.3. The number of pyridine rings is 2. The SMILES string of the molecule is CC(C)c1cccc(-c2ccccc2)c1B(c1cccc(-c2cc(-c3cc(C(C)(C)C)cc(C(C)(C)C)c3)cc(-c3cc(C(C)(C)C)cc(C(C)(C)C)c3O)n2)c1)c1ccccn1. The molecule has 0 aliphatic heterocycles. The summed E-state index contributed by atoms with van der Waals surface area (Å²) >= 11 is 0. The maximum Gasteiger partial charge on any atom is 0.266 e. The monoisotopic (exact) mass is 831 g/mol. The summed E-state index contributed by atoms with van der Waals surface area (Å²) in [4.78, 5) is 10.6. The van der Waals surface area contributed by atoms with Crippen LogP contribution in [-0.4, -0.2) is 21.8 Å². The van der Waals surface area contributed by atoms with Gasteiger partial charge >= 0.3 is 0 Å². The highest BCUT2D eigenvalue weighted by atomic mass is 16.3. The van der Waals surface area contributed by atoms with Crippen LogP contribution in [0.3, 0.4) is 0 Å². The summed E-state index contributed by atoms with van der Waals surface area (Å²) in [7, 11) is 0. The number of phenols is 1. The van der Waals surface area contributed by atoms with Gasteiger partial charge in [0.15, 0.2) is 0 Å². The number of hydrogen-bond donors (Lipinski definition) is 1. The van der Waals surface area contributed by atoms with E-state index >= 15 is 0 Å². The van der Waals surface area contributed by atoms with Crippen LogP contribution in [0.1, 0.15) is 131 Å². The highest BCUT2D eigenvalue weighted by Crippen LogP contribution is 2.44. The van der Waals surface area contributed by atoms with Crippen LogP contribution in [0.15, 0.2) is 140 Å². The van der Waals surface area contributed by atoms with E-state index < -0.39 is 0 Å². The lowest BCUT2D eigenvalue weighted by molar-refractivity contribution is 0.446. The zero-order valence-electron chi connectivity index (χ0n) is 40.3. The third-order valence-electron chi connectivity index (χ3n) is 12.5. The van der Waals surface area contributed by atoms with Gasteiger partial charge in [-0.3, -0.25) is 4.98 Å². The van der Waals surface area contributed by atoms with Gasteiger partial charge in [-0.05, 0) is 108 Å². The Bertz CT molecular complexity index is 2710. The Morgan fingerprint density at radius 3 is 1.63 bits per heavy atom. The van der Waals surface area contributed by atoms with Gasteiger partial charge in [-0.15, -0.1) is 0 Å². The molecule has 3 nitrogen and oxygen atoms in total. The first-order chi connectivity index (χ1) is 29.5. The van der Waals surface area contributed by atoms with Crippen molar-refractivity contribution in [1.82, 2.24) is 9.97 Å². The summed E-state index contributed by atoms with van der Waals surface area (Å²) in [6.07, 6.45) is 1.91. The third-order valence-corrected chi connectivity index (χ3v) is 12.5. The Morgan fingerprint density at radius 1 is 0.476 bits per heavy atom. The van der Waals surface area contributed by atoms with Crippen molar-refractivity contribution in [3.05, 3.63) is 167 Å². The van der Waals surface area contributed by atoms with Crippen molar-refractivity contribution >= 4 is 23.2 Å². The minimum Gasteiger partial charge on any atom is -0.507 e. The first-order valence-electron chi connectivity index (χ1n) is 22.8. The molecule has 5 aromatic carbocycles. The molecule has 2 aromatic heterocycles. The van der Waals surface area contributed by atoms with Crippen molar-refractivity contribution in [2.75, 3.05) is 0 Å². The molecule has 7 aromatic rings. The number of phenolic OH excluding ortho intramolecular Hbond substituents is 1. The molecule has 2 heterocycles. The van der Waals surface area contributed by atoms with Crippen LogP contribution >= 0.6 is 0 Å². The van der Waals surface area contributed by atoms with Gasteiger partial charge in [0.05, 0.1) is 11.4 Å². The second-order valence-corrected chi connectivity index (χ2v) is 22.0. The lowest BCUT2D eigenvalue weighted by Crippen LogP contribution is -2.55. The summed E-state index contributed by atoms with van der Waals surface area (Å²) in [6, 6.07) is 48.5. The number of benzene rings is 5. The van der Waals surface area contributed by atoms with Crippen molar-refractivity contribution in [3.63, 3.8) is 0 Å². The molecule has 0 atom stereocenters. The van der Waals surface area contributed by atoms with Crippen molar-refractivity contribution in [2.24, 2.45) is 0 Å². The molecule has 0 aliphatic carbocycles. The Kier molecular flexibility index (Phi) is 12.3. The van der Waals surface area contributed by atoms with E-state index in [9.17, 15) is 5.11 Å². The molecule has 0 radical (unpaired) electrons. The van der Waals surface area contributed by atoms with E-state index in [0.717, 1.165) is 55.8 Å². The molecule has 0 spiro atoms. The van der Waals surface area contributed by atoms with Crippen LogP contribution in [-0.2, 0) is 21.7 Å². The van der Waals surface area contributed by atoms with Gasteiger partial charge in [0, 0.05) is 22.9 Å². The van der Waals surface area contributed by atoms with Crippen molar-refractivity contribution in [3.8, 4) is 50.5 Å². The predicted molar refractivity (Wildman–Crippen MR) is 272 cm³/mol. The lowest BCUT2D eigenvalue weighted by atomic mass is 9.36. The Balaban J connectivity index is 1.54. The van der Waals surface area contributed by atoms with E-state index in [2.05, 4.69) is 224 Å². The van der Waals surface area contributed by atoms with Gasteiger partial charge < -0.3 is 5.11 Å². The van der Waals surface area contributed by atoms with E-state index in [-0.39, 0.29) is 40.0 Å². The lowest BCUT2D eigenvalue weighted by Gasteiger charge is -2.28. The van der Waals surface area contributed by atoms with Crippen LogP contribution in [0.25, 0.3) is 44.8 Å². The molecule has 7 rings (SSSR count). The van der Waals surface area contributed by atoms with Crippen LogP contribution in [0.5, 0.6) is 5.75 Å². The first kappa shape index (κ1) is 45.3. The smallest absolute Gasteiger partial charge is 0.266 e. The average molecular weight is 831 g/mol. The van der Waals surface area contributed by atoms with E-state index in [1.54, 1.807) is 0 Å². The van der Waals surface area contributed by atoms with Gasteiger partial charge in [0.1, 0.15) is 5.75 Å². The number of aromatic hydroxyl groups is 1. The molecule has 4 heteroatoms. The first-order valence-corrected chi connectivity index (χ1v) is 22.8. The molecule has 0 fully saturated rings. The molecule has 0 aliphatic rings. The van der Waals surface area contributed by atoms with Gasteiger partial charge in [-0.2, -0.15) is 0 Å². The second kappa shape index (κ2) is 17.1. The molecule has 322 valence electrons. The third kappa shape index (κ3) is 9.76. The van der Waals surface area contributed by atoms with Gasteiger partial charge in [0.25, 0.3) is 6.71 Å². The minimum absolute atomic E-state index is 0.0602. The second-order valence-electron chi connectivity index (χ2n) is 22.0. The molecule has 0 saturated carbocycles. The van der Waals surface area contributed by atoms with E-state index in [1.165, 1.54) is 33.3 Å². The fourth-order valence-electron chi connectivity index (χ4n) is 8.67. The molecule has 0 unspecified atom stereocenters. The molecule has 63 heavy (non-hydrogen) atoms. The van der Waals surface area contributed by atoms with Crippen LogP contribution in [0.4, 0.5) is 0 Å². The summed E-state index contributed by atoms with van der Waals surface area (Å²) in [6.45, 7) is 31.4.